The monoisotopic (exact) mass is 306 g/mol. The number of benzene rings is 1. The summed E-state index contributed by atoms with van der Waals surface area (Å²) in [7, 11) is 0. The van der Waals surface area contributed by atoms with Crippen molar-refractivity contribution in [2.75, 3.05) is 6.54 Å². The Morgan fingerprint density at radius 2 is 2.33 bits per heavy atom. The lowest BCUT2D eigenvalue weighted by Gasteiger charge is -2.39. The quantitative estimate of drug-likeness (QED) is 0.849. The Hall–Kier alpha value is -1.00. The number of rotatable bonds is 6. The fraction of sp³-hybridized carbons (Fsp3) is 0.588. The molecule has 1 aromatic carbocycles. The average Bonchev–Trinajstić information content (AvgIpc) is 2.46. The zero-order chi connectivity index (χ0) is 15.3. The van der Waals surface area contributed by atoms with Crippen LogP contribution in [0.3, 0.4) is 0 Å². The molecule has 4 heteroatoms. The molecular weight excluding hydrogens is 280 g/mol. The summed E-state index contributed by atoms with van der Waals surface area (Å²) in [6.45, 7) is 4.95. The molecule has 116 valence electrons. The van der Waals surface area contributed by atoms with Gasteiger partial charge in [0.05, 0.1) is 5.54 Å². The summed E-state index contributed by atoms with van der Waals surface area (Å²) in [5, 5.41) is 3.85. The maximum absolute atomic E-state index is 11.9. The van der Waals surface area contributed by atoms with E-state index >= 15 is 0 Å². The van der Waals surface area contributed by atoms with E-state index in [4.69, 9.17) is 5.73 Å². The van der Waals surface area contributed by atoms with E-state index in [0.717, 1.165) is 31.6 Å². The first kappa shape index (κ1) is 16.4. The van der Waals surface area contributed by atoms with Gasteiger partial charge < -0.3 is 11.1 Å². The molecule has 0 bridgehead atoms. The molecule has 21 heavy (non-hydrogen) atoms. The Bertz CT molecular complexity index is 487. The molecule has 2 unspecified atom stereocenters. The standard InChI is InChI=1S/C17H26N2OS/c1-3-19-17(16(18)20)9-5-8-15(11-17)21-12-14-7-4-6-13(2)10-14/h4,6-7,10,15,19H,3,5,8-9,11-12H2,1-2H3,(H2,18,20). The number of carbonyl (C=O) groups is 1. The number of carbonyl (C=O) groups excluding carboxylic acids is 1. The summed E-state index contributed by atoms with van der Waals surface area (Å²) in [4.78, 5) is 11.9. The zero-order valence-corrected chi connectivity index (χ0v) is 13.8. The van der Waals surface area contributed by atoms with Crippen LogP contribution in [0.25, 0.3) is 0 Å². The normalized spacial score (nSPS) is 25.7. The number of hydrogen-bond acceptors (Lipinski definition) is 3. The van der Waals surface area contributed by atoms with Crippen molar-refractivity contribution in [2.24, 2.45) is 5.73 Å². The third kappa shape index (κ3) is 4.24. The summed E-state index contributed by atoms with van der Waals surface area (Å²) in [5.41, 5.74) is 7.84. The second-order valence-electron chi connectivity index (χ2n) is 6.00. The minimum absolute atomic E-state index is 0.190. The topological polar surface area (TPSA) is 55.1 Å². The summed E-state index contributed by atoms with van der Waals surface area (Å²) >= 11 is 1.96. The van der Waals surface area contributed by atoms with E-state index in [9.17, 15) is 4.79 Å². The molecule has 1 fully saturated rings. The SMILES string of the molecule is CCNC1(C(N)=O)CCCC(SCc2cccc(C)c2)C1. The maximum Gasteiger partial charge on any atom is 0.237 e. The first-order valence-electron chi connectivity index (χ1n) is 7.78. The van der Waals surface area contributed by atoms with Crippen LogP contribution < -0.4 is 11.1 Å². The number of likely N-dealkylation sites (N-methyl/N-ethyl adjacent to an activating group) is 1. The number of nitrogens with one attached hydrogen (secondary N) is 1. The fourth-order valence-electron chi connectivity index (χ4n) is 3.19. The van der Waals surface area contributed by atoms with Gasteiger partial charge in [0.2, 0.25) is 5.91 Å². The number of aryl methyl sites for hydroxylation is 1. The molecule has 1 saturated carbocycles. The molecule has 3 N–H and O–H groups in total. The van der Waals surface area contributed by atoms with Crippen molar-refractivity contribution in [1.82, 2.24) is 5.32 Å². The first-order valence-corrected chi connectivity index (χ1v) is 8.83. The maximum atomic E-state index is 11.9. The van der Waals surface area contributed by atoms with Crippen LogP contribution in [0.4, 0.5) is 0 Å². The zero-order valence-electron chi connectivity index (χ0n) is 13.0. The van der Waals surface area contributed by atoms with Crippen molar-refractivity contribution in [2.45, 2.75) is 56.1 Å². The molecule has 0 spiro atoms. The molecule has 1 aromatic rings. The Morgan fingerprint density at radius 3 is 3.00 bits per heavy atom. The minimum atomic E-state index is -0.489. The highest BCUT2D eigenvalue weighted by molar-refractivity contribution is 7.99. The van der Waals surface area contributed by atoms with E-state index in [2.05, 4.69) is 36.5 Å². The van der Waals surface area contributed by atoms with E-state index in [0.29, 0.717) is 5.25 Å². The lowest BCUT2D eigenvalue weighted by molar-refractivity contribution is -0.125. The van der Waals surface area contributed by atoms with E-state index < -0.39 is 5.54 Å². The Morgan fingerprint density at radius 1 is 1.52 bits per heavy atom. The largest absolute Gasteiger partial charge is 0.368 e. The van der Waals surface area contributed by atoms with E-state index in [1.807, 2.05) is 18.7 Å². The van der Waals surface area contributed by atoms with Crippen LogP contribution in [-0.2, 0) is 10.5 Å². The van der Waals surface area contributed by atoms with Gasteiger partial charge in [0.1, 0.15) is 0 Å². The molecule has 2 rings (SSSR count). The second-order valence-corrected chi connectivity index (χ2v) is 7.28. The van der Waals surface area contributed by atoms with Crippen LogP contribution in [0.1, 0.15) is 43.7 Å². The van der Waals surface area contributed by atoms with Gasteiger partial charge in [-0.2, -0.15) is 11.8 Å². The first-order chi connectivity index (χ1) is 10.1. The molecule has 1 amide bonds. The predicted octanol–water partition coefficient (Wildman–Crippen LogP) is 3.00. The van der Waals surface area contributed by atoms with E-state index in [1.54, 1.807) is 0 Å². The summed E-state index contributed by atoms with van der Waals surface area (Å²) in [5.74, 6) is 0.818. The third-order valence-corrected chi connectivity index (χ3v) is 5.63. The van der Waals surface area contributed by atoms with Gasteiger partial charge >= 0.3 is 0 Å². The predicted molar refractivity (Wildman–Crippen MR) is 90.3 cm³/mol. The van der Waals surface area contributed by atoms with Crippen molar-refractivity contribution in [3.8, 4) is 0 Å². The molecule has 0 saturated heterocycles. The van der Waals surface area contributed by atoms with Gasteiger partial charge in [-0.3, -0.25) is 4.79 Å². The molecule has 0 aliphatic heterocycles. The number of amides is 1. The van der Waals surface area contributed by atoms with Crippen LogP contribution in [0.15, 0.2) is 24.3 Å². The van der Waals surface area contributed by atoms with Gasteiger partial charge in [0, 0.05) is 11.0 Å². The highest BCUT2D eigenvalue weighted by atomic mass is 32.2. The third-order valence-electron chi connectivity index (χ3n) is 4.26. The van der Waals surface area contributed by atoms with Crippen molar-refractivity contribution in [3.63, 3.8) is 0 Å². The summed E-state index contributed by atoms with van der Waals surface area (Å²) in [6, 6.07) is 8.65. The molecular formula is C17H26N2OS. The molecule has 0 heterocycles. The highest BCUT2D eigenvalue weighted by Gasteiger charge is 2.40. The summed E-state index contributed by atoms with van der Waals surface area (Å²) < 4.78 is 0. The lowest BCUT2D eigenvalue weighted by Crippen LogP contribution is -2.58. The molecule has 1 aliphatic rings. The van der Waals surface area contributed by atoms with Gasteiger partial charge in [-0.15, -0.1) is 0 Å². The van der Waals surface area contributed by atoms with Crippen LogP contribution >= 0.6 is 11.8 Å². The molecule has 0 radical (unpaired) electrons. The smallest absolute Gasteiger partial charge is 0.237 e. The molecule has 2 atom stereocenters. The average molecular weight is 306 g/mol. The number of primary amides is 1. The van der Waals surface area contributed by atoms with Gasteiger partial charge in [-0.25, -0.2) is 0 Å². The number of thioether (sulfide) groups is 1. The van der Waals surface area contributed by atoms with Crippen LogP contribution in [0.2, 0.25) is 0 Å². The van der Waals surface area contributed by atoms with Crippen molar-refractivity contribution >= 4 is 17.7 Å². The van der Waals surface area contributed by atoms with E-state index in [-0.39, 0.29) is 5.91 Å². The lowest BCUT2D eigenvalue weighted by atomic mass is 9.80. The molecule has 3 nitrogen and oxygen atoms in total. The summed E-state index contributed by atoms with van der Waals surface area (Å²) in [6.07, 6.45) is 3.97. The van der Waals surface area contributed by atoms with Gasteiger partial charge in [0.25, 0.3) is 0 Å². The van der Waals surface area contributed by atoms with Crippen molar-refractivity contribution < 1.29 is 4.79 Å². The number of hydrogen-bond donors (Lipinski definition) is 2. The van der Waals surface area contributed by atoms with Gasteiger partial charge in [-0.05, 0) is 44.7 Å². The fourth-order valence-corrected chi connectivity index (χ4v) is 4.54. The molecule has 0 aromatic heterocycles. The van der Waals surface area contributed by atoms with E-state index in [1.165, 1.54) is 17.5 Å². The Kier molecular flexibility index (Phi) is 5.71. The van der Waals surface area contributed by atoms with Gasteiger partial charge in [0.15, 0.2) is 0 Å². The van der Waals surface area contributed by atoms with Crippen LogP contribution in [-0.4, -0.2) is 23.2 Å². The Labute approximate surface area is 132 Å². The van der Waals surface area contributed by atoms with Crippen LogP contribution in [0, 0.1) is 6.92 Å². The van der Waals surface area contributed by atoms with Crippen molar-refractivity contribution in [1.29, 1.82) is 0 Å². The van der Waals surface area contributed by atoms with Crippen molar-refractivity contribution in [3.05, 3.63) is 35.4 Å². The Balaban J connectivity index is 1.96. The minimum Gasteiger partial charge on any atom is -0.368 e. The van der Waals surface area contributed by atoms with Gasteiger partial charge in [-0.1, -0.05) is 36.8 Å². The highest BCUT2D eigenvalue weighted by Crippen LogP contribution is 2.36. The second kappa shape index (κ2) is 7.32. The van der Waals surface area contributed by atoms with Crippen LogP contribution in [0.5, 0.6) is 0 Å². The number of nitrogens with two attached hydrogens (primary N) is 1. The molecule has 1 aliphatic carbocycles.